The van der Waals surface area contributed by atoms with Gasteiger partial charge in [0.2, 0.25) is 0 Å². The van der Waals surface area contributed by atoms with E-state index in [0.29, 0.717) is 0 Å². The molecule has 1 aromatic carbocycles. The molecule has 0 amide bonds. The van der Waals surface area contributed by atoms with E-state index >= 15 is 0 Å². The molecule has 0 aliphatic heterocycles. The number of carbonyl (C=O) groups excluding carboxylic acids is 1. The van der Waals surface area contributed by atoms with Crippen LogP contribution in [0.15, 0.2) is 18.2 Å². The third-order valence-corrected chi connectivity index (χ3v) is 2.16. The summed E-state index contributed by atoms with van der Waals surface area (Å²) in [5, 5.41) is 10.7. The van der Waals surface area contributed by atoms with Crippen LogP contribution < -0.4 is 0 Å². The molecule has 0 N–H and O–H groups in total. The van der Waals surface area contributed by atoms with Gasteiger partial charge in [0.1, 0.15) is 0 Å². The highest BCUT2D eigenvalue weighted by Crippen LogP contribution is 2.21. The molecule has 0 saturated carbocycles. The number of nitrogens with zero attached hydrogens (tertiary/aromatic N) is 1. The lowest BCUT2D eigenvalue weighted by molar-refractivity contribution is -0.385. The van der Waals surface area contributed by atoms with E-state index in [-0.39, 0.29) is 29.3 Å². The smallest absolute Gasteiger partial charge is 0.280 e. The quantitative estimate of drug-likeness (QED) is 0.344. The number of hydrogen-bond donors (Lipinski definition) is 0. The van der Waals surface area contributed by atoms with Crippen molar-refractivity contribution in [1.29, 1.82) is 0 Å². The van der Waals surface area contributed by atoms with Crippen molar-refractivity contribution in [2.24, 2.45) is 0 Å². The van der Waals surface area contributed by atoms with Gasteiger partial charge in [-0.15, -0.1) is 11.6 Å². The predicted octanol–water partition coefficient (Wildman–Crippen LogP) is 2.71. The average Bonchev–Trinajstić information content (AvgIpc) is 2.17. The highest BCUT2D eigenvalue weighted by molar-refractivity contribution is 6.19. The lowest BCUT2D eigenvalue weighted by Gasteiger charge is -2.01. The average molecular weight is 228 g/mol. The minimum absolute atomic E-state index is 0.117. The number of nitro benzene ring substituents is 1. The zero-order valence-corrected chi connectivity index (χ0v) is 8.95. The van der Waals surface area contributed by atoms with E-state index in [1.807, 2.05) is 0 Å². The molecule has 0 fully saturated rings. The number of hydrogen-bond acceptors (Lipinski definition) is 3. The molecule has 0 saturated heterocycles. The van der Waals surface area contributed by atoms with Crippen LogP contribution in [-0.2, 0) is 0 Å². The van der Waals surface area contributed by atoms with Crippen molar-refractivity contribution in [2.75, 3.05) is 5.88 Å². The van der Waals surface area contributed by atoms with E-state index in [1.165, 1.54) is 12.1 Å². The molecule has 0 bridgehead atoms. The maximum Gasteiger partial charge on any atom is 0.280 e. The van der Waals surface area contributed by atoms with Crippen molar-refractivity contribution in [1.82, 2.24) is 0 Å². The number of halogens is 1. The fourth-order valence-electron chi connectivity index (χ4n) is 1.25. The molecule has 5 heteroatoms. The van der Waals surface area contributed by atoms with Crippen LogP contribution >= 0.6 is 11.6 Å². The van der Waals surface area contributed by atoms with Crippen molar-refractivity contribution in [2.45, 2.75) is 13.3 Å². The van der Waals surface area contributed by atoms with Gasteiger partial charge in [0.05, 0.1) is 10.5 Å². The first-order valence-electron chi connectivity index (χ1n) is 4.40. The van der Waals surface area contributed by atoms with Gasteiger partial charge in [-0.25, -0.2) is 0 Å². The van der Waals surface area contributed by atoms with Gasteiger partial charge in [0.15, 0.2) is 5.78 Å². The Labute approximate surface area is 92.0 Å². The minimum Gasteiger partial charge on any atom is -0.294 e. The van der Waals surface area contributed by atoms with Crippen LogP contribution in [0.3, 0.4) is 0 Å². The molecule has 4 nitrogen and oxygen atoms in total. The van der Waals surface area contributed by atoms with Crippen LogP contribution in [0.25, 0.3) is 0 Å². The Morgan fingerprint density at radius 1 is 1.53 bits per heavy atom. The lowest BCUT2D eigenvalue weighted by Crippen LogP contribution is -2.04. The van der Waals surface area contributed by atoms with Crippen LogP contribution in [0.5, 0.6) is 0 Å². The number of carbonyl (C=O) groups is 1. The molecule has 0 unspecified atom stereocenters. The highest BCUT2D eigenvalue weighted by Gasteiger charge is 2.19. The molecular weight excluding hydrogens is 218 g/mol. The SMILES string of the molecule is Cc1ccc(C(=O)CCCl)c([N+](=O)[O-])c1. The van der Waals surface area contributed by atoms with Gasteiger partial charge in [-0.2, -0.15) is 0 Å². The summed E-state index contributed by atoms with van der Waals surface area (Å²) in [6.07, 6.45) is 0.117. The minimum atomic E-state index is -0.547. The normalized spacial score (nSPS) is 10.0. The van der Waals surface area contributed by atoms with Crippen molar-refractivity contribution >= 4 is 23.1 Å². The first-order chi connectivity index (χ1) is 7.06. The maximum absolute atomic E-state index is 11.5. The summed E-state index contributed by atoms with van der Waals surface area (Å²) in [6, 6.07) is 4.54. The first kappa shape index (κ1) is 11.7. The van der Waals surface area contributed by atoms with Gasteiger partial charge < -0.3 is 0 Å². The van der Waals surface area contributed by atoms with E-state index in [1.54, 1.807) is 13.0 Å². The van der Waals surface area contributed by atoms with Gasteiger partial charge in [0, 0.05) is 18.4 Å². The van der Waals surface area contributed by atoms with Crippen molar-refractivity contribution in [3.63, 3.8) is 0 Å². The third kappa shape index (κ3) is 2.76. The second-order valence-electron chi connectivity index (χ2n) is 3.14. The Morgan fingerprint density at radius 2 is 2.20 bits per heavy atom. The summed E-state index contributed by atoms with van der Waals surface area (Å²) in [6.45, 7) is 1.74. The molecule has 0 aromatic heterocycles. The lowest BCUT2D eigenvalue weighted by atomic mass is 10.0. The summed E-state index contributed by atoms with van der Waals surface area (Å²) in [5.41, 5.74) is 0.737. The summed E-state index contributed by atoms with van der Waals surface area (Å²) in [4.78, 5) is 21.6. The molecule has 1 rings (SSSR count). The second-order valence-corrected chi connectivity index (χ2v) is 3.52. The fourth-order valence-corrected chi connectivity index (χ4v) is 1.42. The first-order valence-corrected chi connectivity index (χ1v) is 4.94. The summed E-state index contributed by atoms with van der Waals surface area (Å²) >= 11 is 5.42. The van der Waals surface area contributed by atoms with E-state index in [2.05, 4.69) is 0 Å². The Balaban J connectivity index is 3.17. The summed E-state index contributed by atoms with van der Waals surface area (Å²) in [7, 11) is 0. The fraction of sp³-hybridized carbons (Fsp3) is 0.300. The van der Waals surface area contributed by atoms with Gasteiger partial charge in [-0.3, -0.25) is 14.9 Å². The number of nitro groups is 1. The molecule has 0 radical (unpaired) electrons. The van der Waals surface area contributed by atoms with Crippen LogP contribution in [-0.4, -0.2) is 16.6 Å². The maximum atomic E-state index is 11.5. The van der Waals surface area contributed by atoms with Crippen LogP contribution in [0, 0.1) is 17.0 Å². The molecule has 0 atom stereocenters. The van der Waals surface area contributed by atoms with Crippen molar-refractivity contribution in [3.8, 4) is 0 Å². The topological polar surface area (TPSA) is 60.2 Å². The zero-order valence-electron chi connectivity index (χ0n) is 8.20. The Kier molecular flexibility index (Phi) is 3.80. The number of alkyl halides is 1. The molecule has 15 heavy (non-hydrogen) atoms. The summed E-state index contributed by atoms with van der Waals surface area (Å²) < 4.78 is 0. The van der Waals surface area contributed by atoms with E-state index in [9.17, 15) is 14.9 Å². The number of ketones is 1. The molecule has 0 aliphatic carbocycles. The monoisotopic (exact) mass is 227 g/mol. The predicted molar refractivity (Wildman–Crippen MR) is 57.5 cm³/mol. The van der Waals surface area contributed by atoms with E-state index < -0.39 is 4.92 Å². The molecule has 80 valence electrons. The van der Waals surface area contributed by atoms with Crippen molar-refractivity contribution in [3.05, 3.63) is 39.4 Å². The molecule has 0 heterocycles. The molecule has 0 aliphatic rings. The van der Waals surface area contributed by atoms with E-state index in [4.69, 9.17) is 11.6 Å². The van der Waals surface area contributed by atoms with Crippen LogP contribution in [0.2, 0.25) is 0 Å². The standard InChI is InChI=1S/C10H10ClNO3/c1-7-2-3-8(10(13)4-5-11)9(6-7)12(14)15/h2-3,6H,4-5H2,1H3. The van der Waals surface area contributed by atoms with Gasteiger partial charge in [-0.05, 0) is 18.6 Å². The van der Waals surface area contributed by atoms with Crippen LogP contribution in [0.1, 0.15) is 22.3 Å². The second kappa shape index (κ2) is 4.89. The van der Waals surface area contributed by atoms with Gasteiger partial charge in [0.25, 0.3) is 5.69 Å². The Morgan fingerprint density at radius 3 is 2.73 bits per heavy atom. The third-order valence-electron chi connectivity index (χ3n) is 1.97. The number of aryl methyl sites for hydroxylation is 1. The van der Waals surface area contributed by atoms with Crippen LogP contribution in [0.4, 0.5) is 5.69 Å². The molecule has 0 spiro atoms. The largest absolute Gasteiger partial charge is 0.294 e. The van der Waals surface area contributed by atoms with Gasteiger partial charge in [-0.1, -0.05) is 6.07 Å². The summed E-state index contributed by atoms with van der Waals surface area (Å²) in [5.74, 6) is -0.124. The van der Waals surface area contributed by atoms with Crippen molar-refractivity contribution < 1.29 is 9.72 Å². The van der Waals surface area contributed by atoms with Gasteiger partial charge >= 0.3 is 0 Å². The Hall–Kier alpha value is -1.42. The van der Waals surface area contributed by atoms with E-state index in [0.717, 1.165) is 5.56 Å². The molecular formula is C10H10ClNO3. The number of rotatable bonds is 4. The Bertz CT molecular complexity index is 404. The number of benzene rings is 1. The highest BCUT2D eigenvalue weighted by atomic mass is 35.5. The zero-order chi connectivity index (χ0) is 11.4. The molecule has 1 aromatic rings. The number of Topliss-reactive ketones (excluding diaryl/α,β-unsaturated/α-hetero) is 1.